The van der Waals surface area contributed by atoms with Crippen molar-refractivity contribution in [1.82, 2.24) is 9.21 Å². The summed E-state index contributed by atoms with van der Waals surface area (Å²) >= 11 is 0. The van der Waals surface area contributed by atoms with Crippen molar-refractivity contribution in [2.24, 2.45) is 0 Å². The summed E-state index contributed by atoms with van der Waals surface area (Å²) < 4.78 is 32.8. The van der Waals surface area contributed by atoms with E-state index in [9.17, 15) is 13.2 Å². The SMILES string of the molecule is COc1cc(C(C)C)ccc1S(=O)(=O)N1CCCN(C(C)=O)CC1. The van der Waals surface area contributed by atoms with Gasteiger partial charge in [0.2, 0.25) is 15.9 Å². The van der Waals surface area contributed by atoms with Crippen molar-refractivity contribution in [3.63, 3.8) is 0 Å². The molecule has 2 rings (SSSR count). The number of carbonyl (C=O) groups excluding carboxylic acids is 1. The van der Waals surface area contributed by atoms with Gasteiger partial charge >= 0.3 is 0 Å². The smallest absolute Gasteiger partial charge is 0.246 e. The molecule has 24 heavy (non-hydrogen) atoms. The number of methoxy groups -OCH3 is 1. The summed E-state index contributed by atoms with van der Waals surface area (Å²) in [4.78, 5) is 13.4. The molecule has 0 atom stereocenters. The lowest BCUT2D eigenvalue weighted by Crippen LogP contribution is -2.36. The first-order chi connectivity index (χ1) is 11.3. The van der Waals surface area contributed by atoms with Gasteiger partial charge in [-0.25, -0.2) is 8.42 Å². The lowest BCUT2D eigenvalue weighted by atomic mass is 10.0. The van der Waals surface area contributed by atoms with E-state index >= 15 is 0 Å². The van der Waals surface area contributed by atoms with Crippen molar-refractivity contribution < 1.29 is 17.9 Å². The number of sulfonamides is 1. The Hall–Kier alpha value is -1.60. The molecule has 1 aliphatic heterocycles. The molecule has 1 saturated heterocycles. The van der Waals surface area contributed by atoms with Gasteiger partial charge in [-0.15, -0.1) is 0 Å². The molecule has 0 radical (unpaired) electrons. The second-order valence-electron chi connectivity index (χ2n) is 6.33. The number of rotatable bonds is 4. The minimum Gasteiger partial charge on any atom is -0.495 e. The second kappa shape index (κ2) is 7.53. The fourth-order valence-corrected chi connectivity index (χ4v) is 4.45. The molecular formula is C17H26N2O4S. The molecule has 1 fully saturated rings. The summed E-state index contributed by atoms with van der Waals surface area (Å²) in [5, 5.41) is 0. The van der Waals surface area contributed by atoms with Crippen LogP contribution in [0.2, 0.25) is 0 Å². The van der Waals surface area contributed by atoms with Crippen molar-refractivity contribution in [3.8, 4) is 5.75 Å². The normalized spacial score (nSPS) is 17.0. The average molecular weight is 354 g/mol. The molecule has 1 heterocycles. The van der Waals surface area contributed by atoms with Crippen molar-refractivity contribution >= 4 is 15.9 Å². The largest absolute Gasteiger partial charge is 0.495 e. The van der Waals surface area contributed by atoms with Gasteiger partial charge in [0.25, 0.3) is 0 Å². The molecule has 7 heteroatoms. The third-order valence-corrected chi connectivity index (χ3v) is 6.31. The minimum atomic E-state index is -3.65. The fraction of sp³-hybridized carbons (Fsp3) is 0.588. The van der Waals surface area contributed by atoms with E-state index in [0.29, 0.717) is 38.3 Å². The van der Waals surface area contributed by atoms with E-state index in [1.54, 1.807) is 17.0 Å². The van der Waals surface area contributed by atoms with Gasteiger partial charge in [-0.2, -0.15) is 4.31 Å². The Labute approximate surface area is 144 Å². The first-order valence-corrected chi connectivity index (χ1v) is 9.65. The summed E-state index contributed by atoms with van der Waals surface area (Å²) in [5.74, 6) is 0.639. The lowest BCUT2D eigenvalue weighted by Gasteiger charge is -2.22. The molecule has 6 nitrogen and oxygen atoms in total. The Bertz CT molecular complexity index is 701. The van der Waals surface area contributed by atoms with Crippen LogP contribution in [0.3, 0.4) is 0 Å². The Morgan fingerprint density at radius 1 is 1.17 bits per heavy atom. The van der Waals surface area contributed by atoms with Gasteiger partial charge in [0, 0.05) is 33.1 Å². The summed E-state index contributed by atoms with van der Waals surface area (Å²) in [5.41, 5.74) is 1.03. The number of ether oxygens (including phenoxy) is 1. The molecule has 0 bridgehead atoms. The van der Waals surface area contributed by atoms with Gasteiger partial charge in [-0.3, -0.25) is 4.79 Å². The van der Waals surface area contributed by atoms with Crippen molar-refractivity contribution in [3.05, 3.63) is 23.8 Å². The van der Waals surface area contributed by atoms with Crippen molar-refractivity contribution in [1.29, 1.82) is 0 Å². The Balaban J connectivity index is 2.31. The maximum atomic E-state index is 13.0. The molecule has 0 aliphatic carbocycles. The average Bonchev–Trinajstić information content (AvgIpc) is 2.80. The van der Waals surface area contributed by atoms with E-state index in [0.717, 1.165) is 5.56 Å². The summed E-state index contributed by atoms with van der Waals surface area (Å²) in [6.45, 7) is 7.32. The molecule has 0 N–H and O–H groups in total. The molecule has 1 aliphatic rings. The van der Waals surface area contributed by atoms with E-state index < -0.39 is 10.0 Å². The molecule has 1 aromatic carbocycles. The molecule has 0 spiro atoms. The number of hydrogen-bond donors (Lipinski definition) is 0. The number of hydrogen-bond acceptors (Lipinski definition) is 4. The lowest BCUT2D eigenvalue weighted by molar-refractivity contribution is -0.128. The Morgan fingerprint density at radius 3 is 2.46 bits per heavy atom. The molecule has 1 aromatic rings. The van der Waals surface area contributed by atoms with E-state index in [2.05, 4.69) is 0 Å². The van der Waals surface area contributed by atoms with E-state index in [1.807, 2.05) is 19.9 Å². The predicted molar refractivity (Wildman–Crippen MR) is 92.7 cm³/mol. The van der Waals surface area contributed by atoms with Crippen LogP contribution in [-0.4, -0.2) is 56.8 Å². The van der Waals surface area contributed by atoms with Crippen LogP contribution in [0.1, 0.15) is 38.7 Å². The van der Waals surface area contributed by atoms with Crippen LogP contribution < -0.4 is 4.74 Å². The topological polar surface area (TPSA) is 66.9 Å². The monoisotopic (exact) mass is 354 g/mol. The third-order valence-electron chi connectivity index (χ3n) is 4.37. The summed E-state index contributed by atoms with van der Waals surface area (Å²) in [6, 6.07) is 5.24. The van der Waals surface area contributed by atoms with Crippen LogP contribution in [0.5, 0.6) is 5.75 Å². The highest BCUT2D eigenvalue weighted by Crippen LogP contribution is 2.30. The molecular weight excluding hydrogens is 328 g/mol. The number of nitrogens with zero attached hydrogens (tertiary/aromatic N) is 2. The number of carbonyl (C=O) groups is 1. The second-order valence-corrected chi connectivity index (χ2v) is 8.24. The Morgan fingerprint density at radius 2 is 1.88 bits per heavy atom. The van der Waals surface area contributed by atoms with Crippen LogP contribution in [-0.2, 0) is 14.8 Å². The van der Waals surface area contributed by atoms with Crippen LogP contribution in [0, 0.1) is 0 Å². The van der Waals surface area contributed by atoms with Crippen LogP contribution in [0.25, 0.3) is 0 Å². The zero-order valence-corrected chi connectivity index (χ0v) is 15.6. The maximum absolute atomic E-state index is 13.0. The molecule has 134 valence electrons. The van der Waals surface area contributed by atoms with Crippen LogP contribution in [0.15, 0.2) is 23.1 Å². The van der Waals surface area contributed by atoms with Gasteiger partial charge < -0.3 is 9.64 Å². The standard InChI is InChI=1S/C17H26N2O4S/c1-13(2)15-6-7-17(16(12-15)23-4)24(21,22)19-9-5-8-18(10-11-19)14(3)20/h6-7,12-13H,5,8-11H2,1-4H3. The van der Waals surface area contributed by atoms with Crippen molar-refractivity contribution in [2.75, 3.05) is 33.3 Å². The van der Waals surface area contributed by atoms with Crippen LogP contribution >= 0.6 is 0 Å². The quantitative estimate of drug-likeness (QED) is 0.830. The number of benzene rings is 1. The minimum absolute atomic E-state index is 0.0203. The number of amides is 1. The highest BCUT2D eigenvalue weighted by molar-refractivity contribution is 7.89. The van der Waals surface area contributed by atoms with Gasteiger partial charge in [0.15, 0.2) is 0 Å². The third kappa shape index (κ3) is 3.89. The highest BCUT2D eigenvalue weighted by atomic mass is 32.2. The molecule has 0 aromatic heterocycles. The zero-order valence-electron chi connectivity index (χ0n) is 14.8. The van der Waals surface area contributed by atoms with Crippen LogP contribution in [0.4, 0.5) is 0 Å². The fourth-order valence-electron chi connectivity index (χ4n) is 2.84. The molecule has 0 saturated carbocycles. The molecule has 0 unspecified atom stereocenters. The van der Waals surface area contributed by atoms with Gasteiger partial charge in [0.05, 0.1) is 7.11 Å². The predicted octanol–water partition coefficient (Wildman–Crippen LogP) is 2.06. The first-order valence-electron chi connectivity index (χ1n) is 8.21. The Kier molecular flexibility index (Phi) is 5.87. The van der Waals surface area contributed by atoms with E-state index in [1.165, 1.54) is 18.3 Å². The van der Waals surface area contributed by atoms with Crippen molar-refractivity contribution in [2.45, 2.75) is 38.0 Å². The van der Waals surface area contributed by atoms with Gasteiger partial charge in [-0.05, 0) is 30.0 Å². The zero-order chi connectivity index (χ0) is 17.9. The van der Waals surface area contributed by atoms with E-state index in [4.69, 9.17) is 4.74 Å². The van der Waals surface area contributed by atoms with E-state index in [-0.39, 0.29) is 16.7 Å². The first kappa shape index (κ1) is 18.7. The summed E-state index contributed by atoms with van der Waals surface area (Å²) in [7, 11) is -2.16. The molecule has 1 amide bonds. The van der Waals surface area contributed by atoms with Gasteiger partial charge in [-0.1, -0.05) is 19.9 Å². The highest BCUT2D eigenvalue weighted by Gasteiger charge is 2.30. The summed E-state index contributed by atoms with van der Waals surface area (Å²) in [6.07, 6.45) is 0.630. The maximum Gasteiger partial charge on any atom is 0.246 e. The van der Waals surface area contributed by atoms with Gasteiger partial charge in [0.1, 0.15) is 10.6 Å².